The smallest absolute Gasteiger partial charge is 0.258 e. The Morgan fingerprint density at radius 3 is 2.85 bits per heavy atom. The molecule has 4 aromatic rings. The van der Waals surface area contributed by atoms with Crippen molar-refractivity contribution < 1.29 is 4.39 Å². The van der Waals surface area contributed by atoms with Gasteiger partial charge in [0, 0.05) is 25.4 Å². The van der Waals surface area contributed by atoms with Crippen LogP contribution in [0, 0.1) is 13.8 Å². The van der Waals surface area contributed by atoms with Gasteiger partial charge in [0.2, 0.25) is 0 Å². The van der Waals surface area contributed by atoms with Gasteiger partial charge in [-0.3, -0.25) is 4.79 Å². The number of anilines is 1. The molecule has 1 saturated heterocycles. The lowest BCUT2D eigenvalue weighted by Gasteiger charge is -2.28. The summed E-state index contributed by atoms with van der Waals surface area (Å²) in [6.07, 6.45) is 3.71. The van der Waals surface area contributed by atoms with Crippen molar-refractivity contribution in [2.45, 2.75) is 38.9 Å². The van der Waals surface area contributed by atoms with Gasteiger partial charge in [0.1, 0.15) is 12.0 Å². The molecule has 3 N–H and O–H groups in total. The number of aromatic amines is 1. The number of benzene rings is 1. The largest absolute Gasteiger partial charge is 0.378 e. The molecule has 176 valence electrons. The van der Waals surface area contributed by atoms with Crippen LogP contribution >= 0.6 is 11.6 Å². The highest BCUT2D eigenvalue weighted by molar-refractivity contribution is 6.34. The molecule has 3 aromatic heterocycles. The van der Waals surface area contributed by atoms with Gasteiger partial charge in [-0.15, -0.1) is 0 Å². The summed E-state index contributed by atoms with van der Waals surface area (Å²) < 4.78 is 16.0. The Balaban J connectivity index is 1.40. The Hall–Kier alpha value is -3.30. The third-order valence-electron chi connectivity index (χ3n) is 6.15. The highest BCUT2D eigenvalue weighted by atomic mass is 35.5. The second-order valence-electron chi connectivity index (χ2n) is 8.66. The molecule has 1 aliphatic rings. The number of H-pyrrole nitrogens is 1. The van der Waals surface area contributed by atoms with Gasteiger partial charge >= 0.3 is 0 Å². The number of rotatable bonds is 5. The second-order valence-corrected chi connectivity index (χ2v) is 9.07. The fourth-order valence-corrected chi connectivity index (χ4v) is 4.32. The maximum atomic E-state index is 14.3. The van der Waals surface area contributed by atoms with E-state index >= 15 is 0 Å². The number of halogens is 2. The Bertz CT molecular complexity index is 1380. The van der Waals surface area contributed by atoms with E-state index in [0.717, 1.165) is 23.4 Å². The number of piperidine rings is 1. The summed E-state index contributed by atoms with van der Waals surface area (Å²) in [5.74, 6) is 1.23. The van der Waals surface area contributed by atoms with Crippen molar-refractivity contribution in [3.63, 3.8) is 0 Å². The van der Waals surface area contributed by atoms with Gasteiger partial charge in [-0.05, 0) is 56.1 Å². The summed E-state index contributed by atoms with van der Waals surface area (Å²) in [5.41, 5.74) is 3.76. The van der Waals surface area contributed by atoms with E-state index < -0.39 is 6.17 Å². The van der Waals surface area contributed by atoms with Crippen molar-refractivity contribution in [1.29, 1.82) is 0 Å². The van der Waals surface area contributed by atoms with Crippen molar-refractivity contribution in [2.24, 2.45) is 0 Å². The van der Waals surface area contributed by atoms with E-state index in [1.54, 1.807) is 23.0 Å². The van der Waals surface area contributed by atoms with Crippen molar-refractivity contribution in [3.8, 4) is 5.82 Å². The Kier molecular flexibility index (Phi) is 6.05. The molecular weight excluding hydrogens is 457 g/mol. The van der Waals surface area contributed by atoms with Gasteiger partial charge in [-0.2, -0.15) is 5.10 Å². The molecule has 10 heteroatoms. The monoisotopic (exact) mass is 481 g/mol. The molecule has 2 atom stereocenters. The number of hydrogen-bond donors (Lipinski definition) is 3. The van der Waals surface area contributed by atoms with Crippen molar-refractivity contribution in [3.05, 3.63) is 74.7 Å². The summed E-state index contributed by atoms with van der Waals surface area (Å²) in [6.45, 7) is 5.00. The van der Waals surface area contributed by atoms with E-state index in [1.165, 1.54) is 0 Å². The van der Waals surface area contributed by atoms with Crippen LogP contribution in [-0.2, 0) is 6.42 Å². The summed E-state index contributed by atoms with van der Waals surface area (Å²) >= 11 is 6.39. The zero-order valence-corrected chi connectivity index (χ0v) is 19.7. The van der Waals surface area contributed by atoms with Crippen LogP contribution in [0.25, 0.3) is 16.7 Å². The van der Waals surface area contributed by atoms with Gasteiger partial charge in [0.25, 0.3) is 5.56 Å². The summed E-state index contributed by atoms with van der Waals surface area (Å²) in [7, 11) is 0. The molecule has 5 rings (SSSR count). The minimum absolute atomic E-state index is 0.272. The molecule has 34 heavy (non-hydrogen) atoms. The molecule has 0 spiro atoms. The number of aromatic nitrogens is 5. The molecule has 0 aliphatic carbocycles. The van der Waals surface area contributed by atoms with Crippen molar-refractivity contribution in [1.82, 2.24) is 30.0 Å². The first-order chi connectivity index (χ1) is 16.4. The van der Waals surface area contributed by atoms with E-state index in [0.29, 0.717) is 52.6 Å². The number of fused-ring (bicyclic) bond motifs is 1. The fraction of sp³-hybridized carbons (Fsp3) is 0.333. The zero-order chi connectivity index (χ0) is 23.8. The second kappa shape index (κ2) is 9.15. The lowest BCUT2D eigenvalue weighted by atomic mass is 10.0. The molecule has 1 aliphatic heterocycles. The number of aryl methyl sites for hydroxylation is 2. The Morgan fingerprint density at radius 1 is 1.29 bits per heavy atom. The average molecular weight is 482 g/mol. The summed E-state index contributed by atoms with van der Waals surface area (Å²) in [6, 6.07) is 6.77. The molecule has 1 aromatic carbocycles. The molecule has 0 amide bonds. The number of pyridine rings is 1. The van der Waals surface area contributed by atoms with E-state index in [1.807, 2.05) is 32.2 Å². The summed E-state index contributed by atoms with van der Waals surface area (Å²) in [4.78, 5) is 24.7. The van der Waals surface area contributed by atoms with E-state index in [4.69, 9.17) is 11.6 Å². The van der Waals surface area contributed by atoms with Crippen LogP contribution < -0.4 is 16.2 Å². The van der Waals surface area contributed by atoms with Crippen LogP contribution in [0.2, 0.25) is 5.02 Å². The Labute approximate surface area is 200 Å². The van der Waals surface area contributed by atoms with Crippen LogP contribution in [0.5, 0.6) is 0 Å². The van der Waals surface area contributed by atoms with E-state index in [2.05, 4.69) is 30.7 Å². The third kappa shape index (κ3) is 4.53. The predicted molar refractivity (Wildman–Crippen MR) is 131 cm³/mol. The quantitative estimate of drug-likeness (QED) is 0.403. The first-order valence-corrected chi connectivity index (χ1v) is 11.6. The predicted octanol–water partition coefficient (Wildman–Crippen LogP) is 3.48. The zero-order valence-electron chi connectivity index (χ0n) is 18.9. The summed E-state index contributed by atoms with van der Waals surface area (Å²) in [5, 5.41) is 11.4. The van der Waals surface area contributed by atoms with Crippen LogP contribution in [0.1, 0.15) is 29.1 Å². The topological polar surface area (TPSA) is 101 Å². The first-order valence-electron chi connectivity index (χ1n) is 11.2. The maximum absolute atomic E-state index is 14.3. The number of hydrogen-bond acceptors (Lipinski definition) is 6. The van der Waals surface area contributed by atoms with Gasteiger partial charge < -0.3 is 15.6 Å². The van der Waals surface area contributed by atoms with Crippen LogP contribution in [-0.4, -0.2) is 50.0 Å². The standard InChI is InChI=1S/C24H25ClFN7O/c1-13-12-33(32-14(13)2)23-4-3-15(10-28-23)7-22-30-20-9-21(17(25)8-16(20)24(34)31-22)29-19-5-6-27-11-18(19)26/h3-4,8-10,12,18-19,27,29H,5-7,11H2,1-2H3,(H,30,31,34)/t18-,19+/m1/s1. The molecule has 8 nitrogen and oxygen atoms in total. The third-order valence-corrected chi connectivity index (χ3v) is 6.46. The minimum atomic E-state index is -1.02. The maximum Gasteiger partial charge on any atom is 0.258 e. The van der Waals surface area contributed by atoms with Crippen molar-refractivity contribution >= 4 is 28.2 Å². The molecular formula is C24H25ClFN7O. The molecule has 0 radical (unpaired) electrons. The molecule has 0 bridgehead atoms. The lowest BCUT2D eigenvalue weighted by Crippen LogP contribution is -2.45. The van der Waals surface area contributed by atoms with E-state index in [-0.39, 0.29) is 11.6 Å². The lowest BCUT2D eigenvalue weighted by molar-refractivity contribution is 0.245. The van der Waals surface area contributed by atoms with Crippen LogP contribution in [0.15, 0.2) is 41.5 Å². The Morgan fingerprint density at radius 2 is 2.15 bits per heavy atom. The van der Waals surface area contributed by atoms with Crippen molar-refractivity contribution in [2.75, 3.05) is 18.4 Å². The molecule has 0 unspecified atom stereocenters. The van der Waals surface area contributed by atoms with Gasteiger partial charge in [0.15, 0.2) is 5.82 Å². The van der Waals surface area contributed by atoms with Gasteiger partial charge in [0.05, 0.1) is 33.3 Å². The highest BCUT2D eigenvalue weighted by Crippen LogP contribution is 2.28. The molecule has 1 fully saturated rings. The average Bonchev–Trinajstić information content (AvgIpc) is 3.15. The number of nitrogens with one attached hydrogen (secondary N) is 3. The SMILES string of the molecule is Cc1cn(-c2ccc(Cc3nc4cc(N[C@H]5CCNC[C@H]5F)c(Cl)cc4c(=O)[nH]3)cn2)nc1C. The highest BCUT2D eigenvalue weighted by Gasteiger charge is 2.25. The molecule has 0 saturated carbocycles. The van der Waals surface area contributed by atoms with Gasteiger partial charge in [-0.25, -0.2) is 19.0 Å². The first kappa shape index (κ1) is 22.5. The normalized spacial score (nSPS) is 18.4. The number of nitrogens with zero attached hydrogens (tertiary/aromatic N) is 4. The van der Waals surface area contributed by atoms with E-state index in [9.17, 15) is 9.18 Å². The van der Waals surface area contributed by atoms with Crippen LogP contribution in [0.4, 0.5) is 10.1 Å². The fourth-order valence-electron chi connectivity index (χ4n) is 4.10. The van der Waals surface area contributed by atoms with Crippen LogP contribution in [0.3, 0.4) is 0 Å². The number of alkyl halides is 1. The molecule has 4 heterocycles. The minimum Gasteiger partial charge on any atom is -0.378 e. The van der Waals surface area contributed by atoms with Gasteiger partial charge in [-0.1, -0.05) is 17.7 Å².